The molecular weight excluding hydrogens is 380 g/mol. The van der Waals surface area contributed by atoms with E-state index in [9.17, 15) is 18.0 Å². The fourth-order valence-electron chi connectivity index (χ4n) is 2.99. The van der Waals surface area contributed by atoms with Gasteiger partial charge in [0, 0.05) is 17.4 Å². The summed E-state index contributed by atoms with van der Waals surface area (Å²) >= 11 is 0. The highest BCUT2D eigenvalue weighted by atomic mass is 32.2. The van der Waals surface area contributed by atoms with Crippen molar-refractivity contribution in [3.8, 4) is 5.75 Å². The number of hydrogen-bond acceptors (Lipinski definition) is 5. The fraction of sp³-hybridized carbons (Fsp3) is 0.300. The second-order valence-electron chi connectivity index (χ2n) is 6.75. The standard InChI is InChI=1S/C20H22N2O5S/c1-28(25,26)18-12-8-15(9-13-18)20(24)22-21-19(23)14-6-10-17(11-7-14)27-16-4-2-3-5-16/h6-13,16H,2-5H2,1H3,(H,21,23)(H,22,24). The van der Waals surface area contributed by atoms with E-state index in [1.165, 1.54) is 37.1 Å². The molecule has 0 aliphatic heterocycles. The molecule has 0 atom stereocenters. The smallest absolute Gasteiger partial charge is 0.269 e. The Kier molecular flexibility index (Phi) is 5.99. The Morgan fingerprint density at radius 1 is 0.857 bits per heavy atom. The lowest BCUT2D eigenvalue weighted by Gasteiger charge is -2.13. The lowest BCUT2D eigenvalue weighted by molar-refractivity contribution is 0.0846. The van der Waals surface area contributed by atoms with Gasteiger partial charge in [-0.3, -0.25) is 20.4 Å². The third-order valence-electron chi connectivity index (χ3n) is 4.56. The van der Waals surface area contributed by atoms with E-state index in [-0.39, 0.29) is 16.6 Å². The molecule has 3 rings (SSSR count). The van der Waals surface area contributed by atoms with Crippen LogP contribution in [0.15, 0.2) is 53.4 Å². The van der Waals surface area contributed by atoms with Crippen LogP contribution in [0.2, 0.25) is 0 Å². The molecule has 8 heteroatoms. The van der Waals surface area contributed by atoms with Gasteiger partial charge in [-0.1, -0.05) is 0 Å². The van der Waals surface area contributed by atoms with E-state index in [0.29, 0.717) is 5.56 Å². The predicted molar refractivity (Wildman–Crippen MR) is 104 cm³/mol. The second-order valence-corrected chi connectivity index (χ2v) is 8.77. The van der Waals surface area contributed by atoms with Crippen LogP contribution in [0, 0.1) is 0 Å². The summed E-state index contributed by atoms with van der Waals surface area (Å²) in [5.41, 5.74) is 5.26. The summed E-state index contributed by atoms with van der Waals surface area (Å²) in [5, 5.41) is 0. The van der Waals surface area contributed by atoms with Crippen molar-refractivity contribution in [2.75, 3.05) is 6.26 Å². The summed E-state index contributed by atoms with van der Waals surface area (Å²) < 4.78 is 28.7. The molecule has 0 heterocycles. The Balaban J connectivity index is 1.53. The van der Waals surface area contributed by atoms with Crippen LogP contribution >= 0.6 is 0 Å². The van der Waals surface area contributed by atoms with Crippen molar-refractivity contribution >= 4 is 21.7 Å². The molecule has 0 bridgehead atoms. The number of amides is 2. The zero-order valence-electron chi connectivity index (χ0n) is 15.5. The second kappa shape index (κ2) is 8.43. The van der Waals surface area contributed by atoms with Crippen molar-refractivity contribution in [2.45, 2.75) is 36.7 Å². The summed E-state index contributed by atoms with van der Waals surface area (Å²) in [5.74, 6) is -0.290. The maximum absolute atomic E-state index is 12.2. The molecule has 1 saturated carbocycles. The molecule has 2 aromatic rings. The molecule has 2 N–H and O–H groups in total. The maximum Gasteiger partial charge on any atom is 0.269 e. The molecule has 28 heavy (non-hydrogen) atoms. The van der Waals surface area contributed by atoms with E-state index in [1.807, 2.05) is 0 Å². The van der Waals surface area contributed by atoms with Gasteiger partial charge in [-0.05, 0) is 74.2 Å². The van der Waals surface area contributed by atoms with Gasteiger partial charge in [-0.25, -0.2) is 8.42 Å². The summed E-state index contributed by atoms with van der Waals surface area (Å²) in [6, 6.07) is 12.2. The third kappa shape index (κ3) is 5.10. The molecule has 0 unspecified atom stereocenters. The van der Waals surface area contributed by atoms with E-state index in [2.05, 4.69) is 10.9 Å². The molecule has 2 aromatic carbocycles. The van der Waals surface area contributed by atoms with Crippen molar-refractivity contribution in [1.29, 1.82) is 0 Å². The highest BCUT2D eigenvalue weighted by molar-refractivity contribution is 7.90. The largest absolute Gasteiger partial charge is 0.490 e. The van der Waals surface area contributed by atoms with Crippen LogP contribution in [-0.4, -0.2) is 32.6 Å². The monoisotopic (exact) mass is 402 g/mol. The maximum atomic E-state index is 12.2. The van der Waals surface area contributed by atoms with Gasteiger partial charge in [0.1, 0.15) is 5.75 Å². The van der Waals surface area contributed by atoms with E-state index < -0.39 is 21.7 Å². The van der Waals surface area contributed by atoms with Crippen LogP contribution in [0.3, 0.4) is 0 Å². The average Bonchev–Trinajstić information content (AvgIpc) is 3.19. The first-order valence-corrected chi connectivity index (χ1v) is 10.9. The van der Waals surface area contributed by atoms with Crippen molar-refractivity contribution in [3.63, 3.8) is 0 Å². The minimum atomic E-state index is -3.33. The molecule has 2 amide bonds. The number of hydrogen-bond donors (Lipinski definition) is 2. The lowest BCUT2D eigenvalue weighted by atomic mass is 10.2. The summed E-state index contributed by atoms with van der Waals surface area (Å²) in [7, 11) is -3.33. The van der Waals surface area contributed by atoms with Crippen LogP contribution in [0.4, 0.5) is 0 Å². The fourth-order valence-corrected chi connectivity index (χ4v) is 3.63. The zero-order valence-corrected chi connectivity index (χ0v) is 16.3. The molecule has 0 radical (unpaired) electrons. The molecule has 7 nitrogen and oxygen atoms in total. The number of carbonyl (C=O) groups is 2. The molecule has 0 spiro atoms. The Morgan fingerprint density at radius 2 is 1.32 bits per heavy atom. The minimum Gasteiger partial charge on any atom is -0.490 e. The topological polar surface area (TPSA) is 102 Å². The van der Waals surface area contributed by atoms with Gasteiger partial charge >= 0.3 is 0 Å². The van der Waals surface area contributed by atoms with E-state index >= 15 is 0 Å². The van der Waals surface area contributed by atoms with Gasteiger partial charge in [-0.15, -0.1) is 0 Å². The normalized spacial score (nSPS) is 14.5. The third-order valence-corrected chi connectivity index (χ3v) is 5.68. The first-order chi connectivity index (χ1) is 13.3. The Hall–Kier alpha value is -2.87. The van der Waals surface area contributed by atoms with Gasteiger partial charge in [0.15, 0.2) is 9.84 Å². The number of rotatable bonds is 5. The van der Waals surface area contributed by atoms with Crippen LogP contribution in [0.1, 0.15) is 46.4 Å². The highest BCUT2D eigenvalue weighted by Crippen LogP contribution is 2.24. The molecule has 148 valence electrons. The van der Waals surface area contributed by atoms with Gasteiger partial charge in [0.2, 0.25) is 0 Å². The summed E-state index contributed by atoms with van der Waals surface area (Å²) in [6.45, 7) is 0. The van der Waals surface area contributed by atoms with E-state index in [0.717, 1.165) is 24.8 Å². The van der Waals surface area contributed by atoms with E-state index in [4.69, 9.17) is 4.74 Å². The van der Waals surface area contributed by atoms with Gasteiger partial charge in [-0.2, -0.15) is 0 Å². The quantitative estimate of drug-likeness (QED) is 0.748. The molecule has 1 aliphatic rings. The van der Waals surface area contributed by atoms with Crippen molar-refractivity contribution in [1.82, 2.24) is 10.9 Å². The van der Waals surface area contributed by atoms with Crippen LogP contribution in [0.25, 0.3) is 0 Å². The number of hydrazine groups is 1. The highest BCUT2D eigenvalue weighted by Gasteiger charge is 2.17. The lowest BCUT2D eigenvalue weighted by Crippen LogP contribution is -2.41. The van der Waals surface area contributed by atoms with Crippen molar-refractivity contribution < 1.29 is 22.7 Å². The first-order valence-electron chi connectivity index (χ1n) is 9.00. The van der Waals surface area contributed by atoms with Gasteiger partial charge in [0.05, 0.1) is 11.0 Å². The molecule has 1 aliphatic carbocycles. The molecule has 0 aromatic heterocycles. The predicted octanol–water partition coefficient (Wildman–Crippen LogP) is 2.49. The van der Waals surface area contributed by atoms with Crippen LogP contribution < -0.4 is 15.6 Å². The average molecular weight is 402 g/mol. The number of carbonyl (C=O) groups excluding carboxylic acids is 2. The summed E-state index contributed by atoms with van der Waals surface area (Å²) in [4.78, 5) is 24.4. The first kappa shape index (κ1) is 19.9. The number of ether oxygens (including phenoxy) is 1. The molecule has 0 saturated heterocycles. The van der Waals surface area contributed by atoms with Crippen LogP contribution in [-0.2, 0) is 9.84 Å². The van der Waals surface area contributed by atoms with E-state index in [1.54, 1.807) is 24.3 Å². The van der Waals surface area contributed by atoms with Gasteiger partial charge < -0.3 is 4.74 Å². The van der Waals surface area contributed by atoms with Crippen LogP contribution in [0.5, 0.6) is 5.75 Å². The number of sulfone groups is 1. The Bertz CT molecular complexity index is 947. The van der Waals surface area contributed by atoms with Crippen molar-refractivity contribution in [3.05, 3.63) is 59.7 Å². The van der Waals surface area contributed by atoms with Gasteiger partial charge in [0.25, 0.3) is 11.8 Å². The SMILES string of the molecule is CS(=O)(=O)c1ccc(C(=O)NNC(=O)c2ccc(OC3CCCC3)cc2)cc1. The minimum absolute atomic E-state index is 0.119. The Labute approximate surface area is 164 Å². The molecular formula is C20H22N2O5S. The van der Waals surface area contributed by atoms with Crippen molar-refractivity contribution in [2.24, 2.45) is 0 Å². The summed E-state index contributed by atoms with van der Waals surface area (Å²) in [6.07, 6.45) is 5.81. The zero-order chi connectivity index (χ0) is 20.1. The Morgan fingerprint density at radius 3 is 1.79 bits per heavy atom. The molecule has 1 fully saturated rings. The number of nitrogens with one attached hydrogen (secondary N) is 2. The number of benzene rings is 2.